The molecule has 2 aliphatic rings. The zero-order chi connectivity index (χ0) is 23.7. The first-order valence-electron chi connectivity index (χ1n) is 10.6. The molecular weight excluding hydrogens is 453 g/mol. The van der Waals surface area contributed by atoms with Gasteiger partial charge in [0.05, 0.1) is 28.8 Å². The van der Waals surface area contributed by atoms with Crippen LogP contribution in [0.1, 0.15) is 52.0 Å². The molecular formula is C24H27Cl2NO5. The minimum atomic E-state index is -0.948. The third-order valence-electron chi connectivity index (χ3n) is 6.12. The van der Waals surface area contributed by atoms with Crippen molar-refractivity contribution < 1.29 is 23.9 Å². The highest BCUT2D eigenvalue weighted by Crippen LogP contribution is 2.46. The van der Waals surface area contributed by atoms with Crippen LogP contribution in [0.4, 0.5) is 0 Å². The Kier molecular flexibility index (Phi) is 7.36. The summed E-state index contributed by atoms with van der Waals surface area (Å²) in [7, 11) is 1.26. The van der Waals surface area contributed by atoms with Crippen molar-refractivity contribution in [3.05, 3.63) is 56.3 Å². The fourth-order valence-electron chi connectivity index (χ4n) is 4.31. The van der Waals surface area contributed by atoms with E-state index in [1.807, 2.05) is 20.8 Å². The number of ketones is 1. The quantitative estimate of drug-likeness (QED) is 0.475. The van der Waals surface area contributed by atoms with Gasteiger partial charge in [-0.2, -0.15) is 0 Å². The van der Waals surface area contributed by atoms with E-state index in [9.17, 15) is 14.4 Å². The number of rotatable bonds is 5. The van der Waals surface area contributed by atoms with E-state index in [0.717, 1.165) is 0 Å². The van der Waals surface area contributed by atoms with E-state index in [2.05, 4.69) is 5.32 Å². The van der Waals surface area contributed by atoms with Crippen molar-refractivity contribution in [2.45, 2.75) is 52.6 Å². The van der Waals surface area contributed by atoms with Gasteiger partial charge in [-0.3, -0.25) is 9.59 Å². The van der Waals surface area contributed by atoms with Gasteiger partial charge < -0.3 is 14.8 Å². The number of nitrogens with one attached hydrogen (secondary N) is 1. The van der Waals surface area contributed by atoms with Gasteiger partial charge in [-0.1, -0.05) is 43.1 Å². The Bertz CT molecular complexity index is 1030. The average molecular weight is 480 g/mol. The van der Waals surface area contributed by atoms with Gasteiger partial charge in [0.1, 0.15) is 5.92 Å². The highest BCUT2D eigenvalue weighted by atomic mass is 35.5. The molecule has 0 unspecified atom stereocenters. The summed E-state index contributed by atoms with van der Waals surface area (Å²) in [6.45, 7) is 7.35. The summed E-state index contributed by atoms with van der Waals surface area (Å²) in [4.78, 5) is 39.3. The molecule has 0 radical (unpaired) electrons. The summed E-state index contributed by atoms with van der Waals surface area (Å²) in [5.74, 6) is -3.42. The second-order valence-corrected chi connectivity index (χ2v) is 9.15. The summed E-state index contributed by atoms with van der Waals surface area (Å²) in [5.41, 5.74) is 2.59. The van der Waals surface area contributed by atoms with Crippen LogP contribution in [-0.2, 0) is 23.9 Å². The van der Waals surface area contributed by atoms with Crippen LogP contribution in [-0.4, -0.2) is 30.9 Å². The van der Waals surface area contributed by atoms with E-state index in [0.29, 0.717) is 51.0 Å². The van der Waals surface area contributed by atoms with Crippen LogP contribution in [0.3, 0.4) is 0 Å². The summed E-state index contributed by atoms with van der Waals surface area (Å²) in [5, 5.41) is 3.90. The summed E-state index contributed by atoms with van der Waals surface area (Å²) in [6.07, 6.45) is 0.819. The number of allylic oxidation sites excluding steroid dienone is 3. The first kappa shape index (κ1) is 24.3. The molecule has 0 saturated heterocycles. The molecule has 4 atom stereocenters. The fourth-order valence-corrected chi connectivity index (χ4v) is 4.61. The average Bonchev–Trinajstić information content (AvgIpc) is 2.74. The molecule has 32 heavy (non-hydrogen) atoms. The van der Waals surface area contributed by atoms with E-state index >= 15 is 0 Å². The molecule has 1 aliphatic heterocycles. The maximum Gasteiger partial charge on any atom is 0.337 e. The van der Waals surface area contributed by atoms with Crippen LogP contribution in [0.2, 0.25) is 10.0 Å². The highest BCUT2D eigenvalue weighted by Gasteiger charge is 2.47. The van der Waals surface area contributed by atoms with Gasteiger partial charge in [0.2, 0.25) is 0 Å². The minimum absolute atomic E-state index is 0.253. The van der Waals surface area contributed by atoms with Crippen molar-refractivity contribution >= 4 is 40.9 Å². The van der Waals surface area contributed by atoms with E-state index in [-0.39, 0.29) is 17.8 Å². The number of hydrogen-bond acceptors (Lipinski definition) is 6. The maximum absolute atomic E-state index is 13.6. The van der Waals surface area contributed by atoms with Crippen LogP contribution >= 0.6 is 23.2 Å². The van der Waals surface area contributed by atoms with Gasteiger partial charge in [-0.05, 0) is 50.3 Å². The van der Waals surface area contributed by atoms with Crippen molar-refractivity contribution in [3.63, 3.8) is 0 Å². The number of ether oxygens (including phenoxy) is 2. The standard InChI is InChI=1S/C24H27Cl2NO5/c1-6-12(3)32-24(30)19-13(4)27-17-9-11(2)18(23(29)31-5)22(28)21(17)20(19)14-7-8-15(25)16(26)10-14/h7-8,10-12,18,20,27H,6,9H2,1-5H3/t11-,12+,18-,20+/m0/s1. The number of Topliss-reactive ketones (excluding diaryl/α,β-unsaturated/α-hetero) is 1. The largest absolute Gasteiger partial charge is 0.468 e. The van der Waals surface area contributed by atoms with Crippen LogP contribution < -0.4 is 5.32 Å². The third-order valence-corrected chi connectivity index (χ3v) is 6.86. The lowest BCUT2D eigenvalue weighted by molar-refractivity contribution is -0.151. The smallest absolute Gasteiger partial charge is 0.337 e. The van der Waals surface area contributed by atoms with E-state index < -0.39 is 23.8 Å². The second-order valence-electron chi connectivity index (χ2n) is 8.33. The van der Waals surface area contributed by atoms with E-state index in [1.54, 1.807) is 25.1 Å². The Labute approximate surface area is 197 Å². The van der Waals surface area contributed by atoms with Crippen molar-refractivity contribution in [3.8, 4) is 0 Å². The molecule has 8 heteroatoms. The van der Waals surface area contributed by atoms with E-state index in [4.69, 9.17) is 32.7 Å². The van der Waals surface area contributed by atoms with Crippen LogP contribution in [0.15, 0.2) is 40.7 Å². The summed E-state index contributed by atoms with van der Waals surface area (Å²) >= 11 is 12.4. The normalized spacial score (nSPS) is 24.0. The van der Waals surface area contributed by atoms with Gasteiger partial charge in [0.25, 0.3) is 0 Å². The Morgan fingerprint density at radius 3 is 2.53 bits per heavy atom. The van der Waals surface area contributed by atoms with Gasteiger partial charge >= 0.3 is 11.9 Å². The number of hydrogen-bond donors (Lipinski definition) is 1. The van der Waals surface area contributed by atoms with Crippen molar-refractivity contribution in [1.29, 1.82) is 0 Å². The summed E-state index contributed by atoms with van der Waals surface area (Å²) < 4.78 is 10.5. The lowest BCUT2D eigenvalue weighted by Gasteiger charge is -2.38. The molecule has 1 aromatic rings. The molecule has 1 heterocycles. The SMILES string of the molecule is CC[C@@H](C)OC(=O)C1=C(C)NC2=C(C(=O)[C@@H](C(=O)OC)[C@@H](C)C2)[C@@H]1c1ccc(Cl)c(Cl)c1. The predicted octanol–water partition coefficient (Wildman–Crippen LogP) is 4.95. The maximum atomic E-state index is 13.6. The Morgan fingerprint density at radius 2 is 1.94 bits per heavy atom. The number of esters is 2. The number of carbonyl (C=O) groups excluding carboxylic acids is 3. The Morgan fingerprint density at radius 1 is 1.25 bits per heavy atom. The van der Waals surface area contributed by atoms with Crippen LogP contribution in [0.5, 0.6) is 0 Å². The van der Waals surface area contributed by atoms with Crippen molar-refractivity contribution in [2.24, 2.45) is 11.8 Å². The lowest BCUT2D eigenvalue weighted by Crippen LogP contribution is -2.43. The molecule has 0 fully saturated rings. The Balaban J connectivity index is 2.19. The predicted molar refractivity (Wildman–Crippen MR) is 122 cm³/mol. The molecule has 172 valence electrons. The highest BCUT2D eigenvalue weighted by molar-refractivity contribution is 6.42. The first-order valence-corrected chi connectivity index (χ1v) is 11.3. The zero-order valence-electron chi connectivity index (χ0n) is 18.8. The first-order chi connectivity index (χ1) is 15.1. The van der Waals surface area contributed by atoms with Gasteiger partial charge in [-0.15, -0.1) is 0 Å². The molecule has 6 nitrogen and oxygen atoms in total. The molecule has 1 aliphatic carbocycles. The van der Waals surface area contributed by atoms with Gasteiger partial charge in [0.15, 0.2) is 5.78 Å². The molecule has 1 N–H and O–H groups in total. The zero-order valence-corrected chi connectivity index (χ0v) is 20.3. The topological polar surface area (TPSA) is 81.7 Å². The fraction of sp³-hybridized carbons (Fsp3) is 0.458. The molecule has 0 spiro atoms. The lowest BCUT2D eigenvalue weighted by atomic mass is 9.69. The van der Waals surface area contributed by atoms with Crippen LogP contribution in [0.25, 0.3) is 0 Å². The van der Waals surface area contributed by atoms with Gasteiger partial charge in [-0.25, -0.2) is 4.79 Å². The molecule has 0 saturated carbocycles. The third kappa shape index (κ3) is 4.44. The molecule has 0 aromatic heterocycles. The number of benzene rings is 1. The molecule has 3 rings (SSSR count). The number of carbonyl (C=O) groups is 3. The van der Waals surface area contributed by atoms with Gasteiger partial charge in [0, 0.05) is 22.9 Å². The number of halogens is 2. The van der Waals surface area contributed by atoms with Crippen LogP contribution in [0, 0.1) is 11.8 Å². The minimum Gasteiger partial charge on any atom is -0.468 e. The molecule has 1 aromatic carbocycles. The Hall–Kier alpha value is -2.31. The molecule has 0 amide bonds. The second kappa shape index (κ2) is 9.67. The van der Waals surface area contributed by atoms with E-state index in [1.165, 1.54) is 7.11 Å². The molecule has 0 bridgehead atoms. The number of dihydropyridines is 1. The number of methoxy groups -OCH3 is 1. The summed E-state index contributed by atoms with van der Waals surface area (Å²) in [6, 6.07) is 5.01. The van der Waals surface area contributed by atoms with Crippen molar-refractivity contribution in [2.75, 3.05) is 7.11 Å². The van der Waals surface area contributed by atoms with Crippen molar-refractivity contribution in [1.82, 2.24) is 5.32 Å². The monoisotopic (exact) mass is 479 g/mol.